The second-order valence-electron chi connectivity index (χ2n) is 20.1. The molecule has 0 saturated carbocycles. The summed E-state index contributed by atoms with van der Waals surface area (Å²) in [4.78, 5) is 37.0. The molecule has 0 bridgehead atoms. The molecule has 6 heterocycles. The van der Waals surface area contributed by atoms with Gasteiger partial charge < -0.3 is 0 Å². The standard InChI is InChI=1S/C62H70N2O2S2Se2/c1-5-7-9-11-13-15-17-19-21-23-37-63-59(55-34-25-42(4)69-55)57-58(62(63)66)60(64(61(57)65)38-24-22-20-18-16-14-12-10-8-6-2)56-36-35-54(70-56)53-40-50-48-29-27-43-44(46(48)31-33-52(50)68-53)26-28-47-45(43)30-32-51-49(47)39-41(3)67-51/h25-36,39-40H,5-24,37-38H2,1-4H3. The molecular formula is C62H70N2O2S2Se2. The Morgan fingerprint density at radius 3 is 1.26 bits per heavy atom. The average Bonchev–Trinajstić information content (AvgIpc) is 4.24. The molecule has 10 rings (SSSR count). The second-order valence-corrected chi connectivity index (χ2v) is 27.5. The quantitative estimate of drug-likeness (QED) is 0.0325. The van der Waals surface area contributed by atoms with Crippen molar-refractivity contribution in [2.45, 2.75) is 156 Å². The van der Waals surface area contributed by atoms with Crippen LogP contribution < -0.4 is 0 Å². The third-order valence-electron chi connectivity index (χ3n) is 15.0. The monoisotopic (exact) mass is 1100 g/mol. The van der Waals surface area contributed by atoms with Crippen molar-refractivity contribution >= 4 is 127 Å². The number of rotatable bonds is 25. The number of fused-ring (bicyclic) bond motifs is 10. The Morgan fingerprint density at radius 2 is 0.786 bits per heavy atom. The van der Waals surface area contributed by atoms with E-state index in [1.807, 2.05) is 27.6 Å². The van der Waals surface area contributed by atoms with Gasteiger partial charge in [0.1, 0.15) is 0 Å². The van der Waals surface area contributed by atoms with E-state index in [0.29, 0.717) is 24.2 Å². The van der Waals surface area contributed by atoms with Crippen LogP contribution in [0.1, 0.15) is 160 Å². The van der Waals surface area contributed by atoms with E-state index in [9.17, 15) is 0 Å². The van der Waals surface area contributed by atoms with Crippen molar-refractivity contribution < 1.29 is 9.59 Å². The molecule has 4 aromatic heterocycles. The number of benzene rings is 4. The summed E-state index contributed by atoms with van der Waals surface area (Å²) >= 11 is 3.78. The zero-order valence-corrected chi connectivity index (χ0v) is 47.0. The van der Waals surface area contributed by atoms with Crippen LogP contribution in [0.5, 0.6) is 0 Å². The van der Waals surface area contributed by atoms with E-state index in [-0.39, 0.29) is 40.8 Å². The van der Waals surface area contributed by atoms with Crippen molar-refractivity contribution in [3.8, 4) is 9.31 Å². The number of thiophene rings is 2. The number of hydrogen-bond donors (Lipinski definition) is 0. The van der Waals surface area contributed by atoms with Gasteiger partial charge in [-0.3, -0.25) is 0 Å². The predicted molar refractivity (Wildman–Crippen MR) is 306 cm³/mol. The van der Waals surface area contributed by atoms with E-state index in [1.165, 1.54) is 178 Å². The molecule has 0 aliphatic carbocycles. The molecule has 0 atom stereocenters. The summed E-state index contributed by atoms with van der Waals surface area (Å²) in [6.45, 7) is 10.3. The van der Waals surface area contributed by atoms with Crippen LogP contribution in [0.15, 0.2) is 96.1 Å². The normalized spacial score (nSPS) is 14.3. The van der Waals surface area contributed by atoms with Gasteiger partial charge in [0, 0.05) is 4.88 Å². The third kappa shape index (κ3) is 10.2. The number of amides is 2. The van der Waals surface area contributed by atoms with Crippen LogP contribution >= 0.6 is 22.7 Å². The summed E-state index contributed by atoms with van der Waals surface area (Å²) in [5.41, 5.74) is 3.19. The van der Waals surface area contributed by atoms with E-state index >= 15 is 9.59 Å². The van der Waals surface area contributed by atoms with Gasteiger partial charge in [-0.15, -0.1) is 11.3 Å². The third-order valence-corrected chi connectivity index (χ3v) is 21.9. The van der Waals surface area contributed by atoms with Crippen LogP contribution in [0.3, 0.4) is 0 Å². The molecule has 0 spiro atoms. The molecule has 8 heteroatoms. The van der Waals surface area contributed by atoms with Crippen molar-refractivity contribution in [1.29, 1.82) is 0 Å². The summed E-state index contributed by atoms with van der Waals surface area (Å²) in [6, 6.07) is 32.3. The topological polar surface area (TPSA) is 40.6 Å². The Kier molecular flexibility index (Phi) is 16.2. The van der Waals surface area contributed by atoms with Crippen LogP contribution in [-0.2, 0) is 9.59 Å². The minimum atomic E-state index is -0.0686. The van der Waals surface area contributed by atoms with Gasteiger partial charge in [0.2, 0.25) is 0 Å². The second kappa shape index (κ2) is 22.8. The number of aryl methyl sites for hydroxylation is 2. The first-order valence-electron chi connectivity index (χ1n) is 26.9. The Balaban J connectivity index is 0.946. The zero-order chi connectivity index (χ0) is 48.1. The SMILES string of the molecule is CCCCCCCCCCCCN1C(=O)C2=C(c3ccc(-c4cc5c(ccc6c5ccc5c7ccc8sc(C)cc8c7ccc65)s4)[se]3)N(CCCCCCCCCCCC)C(=O)C2=C1c1ccc(C)[se]1. The van der Waals surface area contributed by atoms with Crippen LogP contribution in [-0.4, -0.2) is 63.7 Å². The number of carbonyl (C=O) groups excluding carboxylic acids is 2. The molecule has 2 aliphatic rings. The van der Waals surface area contributed by atoms with Gasteiger partial charge in [0.05, 0.1) is 0 Å². The Hall–Kier alpha value is -4.00. The first kappa shape index (κ1) is 49.6. The van der Waals surface area contributed by atoms with Crippen molar-refractivity contribution in [2.75, 3.05) is 13.1 Å². The molecule has 0 N–H and O–H groups in total. The fourth-order valence-electron chi connectivity index (χ4n) is 11.3. The molecule has 70 heavy (non-hydrogen) atoms. The van der Waals surface area contributed by atoms with E-state index in [0.717, 1.165) is 41.5 Å². The van der Waals surface area contributed by atoms with Gasteiger partial charge in [-0.2, -0.15) is 0 Å². The van der Waals surface area contributed by atoms with Crippen molar-refractivity contribution in [3.05, 3.63) is 114 Å². The van der Waals surface area contributed by atoms with Crippen LogP contribution in [0.2, 0.25) is 0 Å². The van der Waals surface area contributed by atoms with Crippen LogP contribution in [0, 0.1) is 13.8 Å². The first-order chi connectivity index (χ1) is 34.3. The molecule has 4 nitrogen and oxygen atoms in total. The fourth-order valence-corrected chi connectivity index (χ4v) is 17.7. The minimum absolute atomic E-state index is 0.0458. The van der Waals surface area contributed by atoms with E-state index in [2.05, 4.69) is 118 Å². The van der Waals surface area contributed by atoms with E-state index in [4.69, 9.17) is 0 Å². The number of hydrogen-bond acceptors (Lipinski definition) is 4. The van der Waals surface area contributed by atoms with Gasteiger partial charge in [-0.25, -0.2) is 0 Å². The molecule has 0 fully saturated rings. The molecule has 0 saturated heterocycles. The van der Waals surface area contributed by atoms with Gasteiger partial charge in [-0.05, 0) is 6.92 Å². The number of unbranched alkanes of at least 4 members (excludes halogenated alkanes) is 18. The van der Waals surface area contributed by atoms with Crippen molar-refractivity contribution in [1.82, 2.24) is 9.80 Å². The molecule has 2 aliphatic heterocycles. The summed E-state index contributed by atoms with van der Waals surface area (Å²) in [5.74, 6) is 0.0916. The van der Waals surface area contributed by atoms with E-state index in [1.54, 1.807) is 0 Å². The fraction of sp³-hybridized carbons (Fsp3) is 0.419. The molecular weight excluding hydrogens is 1030 g/mol. The molecule has 4 aromatic carbocycles. The molecule has 0 unspecified atom stereocenters. The summed E-state index contributed by atoms with van der Waals surface area (Å²) in [6.07, 6.45) is 25.0. The van der Waals surface area contributed by atoms with Gasteiger partial charge in [-0.1, -0.05) is 39.5 Å². The zero-order valence-electron chi connectivity index (χ0n) is 42.0. The van der Waals surface area contributed by atoms with Gasteiger partial charge in [0.15, 0.2) is 0 Å². The molecule has 8 aromatic rings. The summed E-state index contributed by atoms with van der Waals surface area (Å²) in [5, 5.41) is 10.5. The van der Waals surface area contributed by atoms with Crippen molar-refractivity contribution in [2.24, 2.45) is 0 Å². The maximum absolute atomic E-state index is 15.1. The van der Waals surface area contributed by atoms with Crippen molar-refractivity contribution in [3.63, 3.8) is 0 Å². The summed E-state index contributed by atoms with van der Waals surface area (Å²) < 4.78 is 7.66. The van der Waals surface area contributed by atoms with Crippen LogP contribution in [0.25, 0.3) is 73.2 Å². The Bertz CT molecular complexity index is 3250. The predicted octanol–water partition coefficient (Wildman–Crippen LogP) is 17.6. The van der Waals surface area contributed by atoms with Crippen LogP contribution in [0.4, 0.5) is 0 Å². The molecule has 2 amide bonds. The molecule has 0 radical (unpaired) electrons. The Labute approximate surface area is 436 Å². The molecule has 364 valence electrons. The first-order valence-corrected chi connectivity index (χ1v) is 31.9. The number of carbonyl (C=O) groups is 2. The van der Waals surface area contributed by atoms with Gasteiger partial charge in [0.25, 0.3) is 0 Å². The summed E-state index contributed by atoms with van der Waals surface area (Å²) in [7, 11) is 0. The van der Waals surface area contributed by atoms with E-state index < -0.39 is 0 Å². The average molecular weight is 1100 g/mol. The van der Waals surface area contributed by atoms with Gasteiger partial charge >= 0.3 is 377 Å². The maximum atomic E-state index is 15.1. The Morgan fingerprint density at radius 1 is 0.400 bits per heavy atom. The number of nitrogens with zero attached hydrogens (tertiary/aromatic N) is 2.